The number of ether oxygens (including phenoxy) is 2. The molecule has 5 fully saturated rings. The van der Waals surface area contributed by atoms with Gasteiger partial charge in [-0.3, -0.25) is 28.8 Å². The maximum absolute atomic E-state index is 14.0. The van der Waals surface area contributed by atoms with Gasteiger partial charge in [0, 0.05) is 51.4 Å². The number of hydrogen-bond donors (Lipinski definition) is 0. The average molecular weight is 812 g/mol. The van der Waals surface area contributed by atoms with Crippen LogP contribution in [0.3, 0.4) is 0 Å². The fourth-order valence-corrected chi connectivity index (χ4v) is 9.02. The summed E-state index contributed by atoms with van der Waals surface area (Å²) in [7, 11) is 0. The van der Waals surface area contributed by atoms with Crippen LogP contribution in [0.2, 0.25) is 0 Å². The van der Waals surface area contributed by atoms with Crippen LogP contribution >= 0.6 is 0 Å². The number of hydrogen-bond acceptors (Lipinski definition) is 10. The minimum absolute atomic E-state index is 0.00375. The number of esters is 1. The van der Waals surface area contributed by atoms with Crippen LogP contribution in [0.4, 0.5) is 0 Å². The molecule has 0 bridgehead atoms. The van der Waals surface area contributed by atoms with Crippen LogP contribution in [0, 0.1) is 45.8 Å². The highest BCUT2D eigenvalue weighted by atomic mass is 16.6. The first-order chi connectivity index (χ1) is 26.9. The van der Waals surface area contributed by atoms with Crippen LogP contribution < -0.4 is 0 Å². The Morgan fingerprint density at radius 2 is 1.59 bits per heavy atom. The number of Topliss-reactive ketones (excluding diaryl/α,β-unsaturated/α-hetero) is 3. The molecule has 0 unspecified atom stereocenters. The molecule has 6 atom stereocenters. The summed E-state index contributed by atoms with van der Waals surface area (Å²) in [6, 6.07) is -0.824. The van der Waals surface area contributed by atoms with Gasteiger partial charge in [0.15, 0.2) is 11.6 Å². The van der Waals surface area contributed by atoms with E-state index >= 15 is 0 Å². The topological polar surface area (TPSA) is 157 Å². The highest BCUT2D eigenvalue weighted by Crippen LogP contribution is 2.65. The van der Waals surface area contributed by atoms with Gasteiger partial charge in [-0.1, -0.05) is 74.1 Å². The summed E-state index contributed by atoms with van der Waals surface area (Å²) in [5.74, 6) is -2.25. The summed E-state index contributed by atoms with van der Waals surface area (Å²) in [6.45, 7) is 22.3. The molecule has 3 aliphatic heterocycles. The standard InChI is InChI=1S/C32H49NO7.C14H24N2O2/c1-31(2,3)40-26(36)17-22-19-39-14-10-8-6-7-9-11-21(29(37)25(35)15-20-12-13-20)16-24(34)28-27-23(32(27,4)5)18-33(28)30(22)38;1-13(2,3)11(15-10-17)9-16-7-6-14(4,5)8-12(16)18/h20-23,27-28H,6-19H2,1-5H3;11H,6-9H2,1-5H3/t21-,22+,23+,27+,28-;11-/m11/s1. The zero-order valence-electron chi connectivity index (χ0n) is 37.3. The van der Waals surface area contributed by atoms with Crippen molar-refractivity contribution >= 4 is 41.2 Å². The Labute approximate surface area is 347 Å². The molecular weight excluding hydrogens is 739 g/mol. The molecule has 326 valence electrons. The molecule has 58 heavy (non-hydrogen) atoms. The molecule has 12 nitrogen and oxygen atoms in total. The van der Waals surface area contributed by atoms with E-state index in [-0.39, 0.29) is 77.0 Å². The van der Waals surface area contributed by atoms with Gasteiger partial charge in [-0.25, -0.2) is 9.79 Å². The van der Waals surface area contributed by atoms with Crippen LogP contribution in [-0.2, 0) is 43.0 Å². The van der Waals surface area contributed by atoms with E-state index in [1.165, 1.54) is 0 Å². The molecule has 2 amide bonds. The monoisotopic (exact) mass is 812 g/mol. The van der Waals surface area contributed by atoms with Crippen LogP contribution in [-0.4, -0.2) is 102 Å². The number of likely N-dealkylation sites (tertiary alicyclic amines) is 1. The van der Waals surface area contributed by atoms with E-state index < -0.39 is 35.2 Å². The van der Waals surface area contributed by atoms with Crippen molar-refractivity contribution in [2.75, 3.05) is 32.8 Å². The summed E-state index contributed by atoms with van der Waals surface area (Å²) in [4.78, 5) is 96.6. The van der Waals surface area contributed by atoms with Gasteiger partial charge in [-0.05, 0) is 86.9 Å². The Hall–Kier alpha value is -3.24. The van der Waals surface area contributed by atoms with Gasteiger partial charge < -0.3 is 19.3 Å². The molecule has 3 heterocycles. The third kappa shape index (κ3) is 13.4. The Kier molecular flexibility index (Phi) is 15.9. The fourth-order valence-electron chi connectivity index (χ4n) is 9.02. The largest absolute Gasteiger partial charge is 0.460 e. The number of fused-ring (bicyclic) bond motifs is 3. The van der Waals surface area contributed by atoms with E-state index in [2.05, 4.69) is 32.7 Å². The number of rotatable bonds is 9. The van der Waals surface area contributed by atoms with Crippen molar-refractivity contribution in [2.24, 2.45) is 50.8 Å². The van der Waals surface area contributed by atoms with Gasteiger partial charge in [-0.2, -0.15) is 0 Å². The van der Waals surface area contributed by atoms with E-state index in [0.717, 1.165) is 57.9 Å². The second-order valence-electron chi connectivity index (χ2n) is 21.3. The zero-order valence-corrected chi connectivity index (χ0v) is 37.3. The van der Waals surface area contributed by atoms with Gasteiger partial charge in [0.2, 0.25) is 23.7 Å². The normalized spacial score (nSPS) is 28.5. The summed E-state index contributed by atoms with van der Waals surface area (Å²) >= 11 is 0. The first kappa shape index (κ1) is 47.4. The van der Waals surface area contributed by atoms with Crippen molar-refractivity contribution in [1.29, 1.82) is 0 Å². The maximum Gasteiger partial charge on any atom is 0.307 e. The smallest absolute Gasteiger partial charge is 0.307 e. The number of ketones is 3. The van der Waals surface area contributed by atoms with Gasteiger partial charge in [0.1, 0.15) is 5.60 Å². The van der Waals surface area contributed by atoms with Crippen LogP contribution in [0.25, 0.3) is 0 Å². The van der Waals surface area contributed by atoms with E-state index in [0.29, 0.717) is 44.9 Å². The number of carbonyl (C=O) groups excluding carboxylic acids is 7. The molecule has 2 saturated carbocycles. The zero-order chi connectivity index (χ0) is 43.2. The molecule has 12 heteroatoms. The number of isocyanates is 1. The van der Waals surface area contributed by atoms with Crippen molar-refractivity contribution in [1.82, 2.24) is 9.80 Å². The highest BCUT2D eigenvalue weighted by molar-refractivity contribution is 6.38. The molecule has 2 aliphatic carbocycles. The van der Waals surface area contributed by atoms with E-state index in [4.69, 9.17) is 9.47 Å². The Bertz CT molecular complexity index is 1560. The molecule has 5 aliphatic rings. The predicted molar refractivity (Wildman–Crippen MR) is 220 cm³/mol. The number of aliphatic imine (C=N–C) groups is 1. The Morgan fingerprint density at radius 1 is 0.931 bits per heavy atom. The SMILES string of the molecule is CC(C)(C)OC(=O)C[C@H]1COCCCCCCC[C@@H](C(=O)C(=O)CC2CC2)CC(=O)[C@@H]2[C@@H]3[C@H](CN2C1=O)C3(C)C.CC1(C)CCN(C[C@@H](N=C=O)C(C)(C)C)C(=O)C1. The third-order valence-corrected chi connectivity index (χ3v) is 13.1. The molecule has 0 N–H and O–H groups in total. The van der Waals surface area contributed by atoms with Crippen LogP contribution in [0.1, 0.15) is 153 Å². The number of amides is 2. The minimum Gasteiger partial charge on any atom is -0.460 e. The molecule has 0 aromatic heterocycles. The third-order valence-electron chi connectivity index (χ3n) is 13.1. The average Bonchev–Trinajstić information content (AvgIpc) is 3.95. The molecule has 0 aromatic rings. The Balaban J connectivity index is 0.000000346. The van der Waals surface area contributed by atoms with Crippen molar-refractivity contribution in [3.05, 3.63) is 0 Å². The van der Waals surface area contributed by atoms with E-state index in [9.17, 15) is 33.6 Å². The quantitative estimate of drug-likeness (QED) is 0.103. The number of piperidine rings is 2. The molecule has 5 rings (SSSR count). The second kappa shape index (κ2) is 19.4. The second-order valence-corrected chi connectivity index (χ2v) is 21.3. The lowest BCUT2D eigenvalue weighted by Crippen LogP contribution is -2.49. The molecule has 0 spiro atoms. The number of nitrogens with zero attached hydrogens (tertiary/aromatic N) is 3. The van der Waals surface area contributed by atoms with Gasteiger partial charge in [-0.15, -0.1) is 0 Å². The summed E-state index contributed by atoms with van der Waals surface area (Å²) < 4.78 is 11.4. The minimum atomic E-state index is -0.740. The maximum atomic E-state index is 14.0. The van der Waals surface area contributed by atoms with E-state index in [1.807, 2.05) is 25.7 Å². The van der Waals surface area contributed by atoms with Gasteiger partial charge in [0.25, 0.3) is 0 Å². The lowest BCUT2D eigenvalue weighted by Gasteiger charge is -2.39. The first-order valence-corrected chi connectivity index (χ1v) is 22.0. The van der Waals surface area contributed by atoms with Crippen molar-refractivity contribution in [3.8, 4) is 0 Å². The Morgan fingerprint density at radius 3 is 2.19 bits per heavy atom. The predicted octanol–water partition coefficient (Wildman–Crippen LogP) is 7.09. The first-order valence-electron chi connectivity index (χ1n) is 22.0. The lowest BCUT2D eigenvalue weighted by atomic mass is 9.81. The van der Waals surface area contributed by atoms with Crippen molar-refractivity contribution in [3.63, 3.8) is 0 Å². The number of carbonyl (C=O) groups is 6. The molecule has 0 aromatic carbocycles. The summed E-state index contributed by atoms with van der Waals surface area (Å²) in [5.41, 5.74) is -0.782. The van der Waals surface area contributed by atoms with E-state index in [1.54, 1.807) is 31.8 Å². The lowest BCUT2D eigenvalue weighted by molar-refractivity contribution is -0.160. The summed E-state index contributed by atoms with van der Waals surface area (Å²) in [5, 5.41) is 0. The molecule has 0 radical (unpaired) electrons. The van der Waals surface area contributed by atoms with Crippen LogP contribution in [0.5, 0.6) is 0 Å². The highest BCUT2D eigenvalue weighted by Gasteiger charge is 2.69. The van der Waals surface area contributed by atoms with Crippen LogP contribution in [0.15, 0.2) is 4.99 Å². The van der Waals surface area contributed by atoms with Gasteiger partial charge >= 0.3 is 5.97 Å². The fraction of sp³-hybridized carbons (Fsp3) is 0.848. The van der Waals surface area contributed by atoms with Crippen molar-refractivity contribution in [2.45, 2.75) is 170 Å². The van der Waals surface area contributed by atoms with Crippen molar-refractivity contribution < 1.29 is 43.0 Å². The van der Waals surface area contributed by atoms with Gasteiger partial charge in [0.05, 0.1) is 31.0 Å². The molecular formula is C46H73N3O9. The summed E-state index contributed by atoms with van der Waals surface area (Å²) in [6.07, 6.45) is 10.4. The molecule has 3 saturated heterocycles.